The summed E-state index contributed by atoms with van der Waals surface area (Å²) in [7, 11) is 1.31. The molecular formula is C13H13FN2O4. The summed E-state index contributed by atoms with van der Waals surface area (Å²) in [6.07, 6.45) is 0. The predicted octanol–water partition coefficient (Wildman–Crippen LogP) is 1.55. The first-order chi connectivity index (χ1) is 9.43. The van der Waals surface area contributed by atoms with Crippen LogP contribution >= 0.6 is 0 Å². The van der Waals surface area contributed by atoms with Crippen LogP contribution in [0.25, 0.3) is 0 Å². The smallest absolute Gasteiger partial charge is 0.335 e. The maximum Gasteiger partial charge on any atom is 0.335 e. The van der Waals surface area contributed by atoms with Gasteiger partial charge in [-0.05, 0) is 24.6 Å². The Morgan fingerprint density at radius 3 is 2.75 bits per heavy atom. The molecule has 0 aliphatic carbocycles. The first-order valence-corrected chi connectivity index (χ1v) is 5.79. The lowest BCUT2D eigenvalue weighted by molar-refractivity contribution is -0.133. The summed E-state index contributed by atoms with van der Waals surface area (Å²) in [5.41, 5.74) is 0.669. The van der Waals surface area contributed by atoms with Crippen LogP contribution in [-0.2, 0) is 4.79 Å². The van der Waals surface area contributed by atoms with Crippen LogP contribution in [0, 0.1) is 5.82 Å². The van der Waals surface area contributed by atoms with Crippen molar-refractivity contribution < 1.29 is 23.8 Å². The van der Waals surface area contributed by atoms with E-state index in [0.29, 0.717) is 5.56 Å². The molecule has 1 aromatic rings. The van der Waals surface area contributed by atoms with E-state index in [0.717, 1.165) is 6.07 Å². The van der Waals surface area contributed by atoms with Crippen LogP contribution in [0.4, 0.5) is 9.18 Å². The minimum Gasteiger partial charge on any atom is -0.494 e. The number of rotatable bonds is 3. The molecule has 0 saturated carbocycles. The molecule has 7 heteroatoms. The van der Waals surface area contributed by atoms with Crippen molar-refractivity contribution in [1.29, 1.82) is 0 Å². The van der Waals surface area contributed by atoms with Gasteiger partial charge in [-0.3, -0.25) is 0 Å². The molecule has 1 aromatic carbocycles. The summed E-state index contributed by atoms with van der Waals surface area (Å²) in [4.78, 5) is 22.8. The van der Waals surface area contributed by atoms with Crippen molar-refractivity contribution in [2.75, 3.05) is 7.11 Å². The normalized spacial score (nSPS) is 18.4. The van der Waals surface area contributed by atoms with Gasteiger partial charge in [-0.15, -0.1) is 0 Å². The number of hydrogen-bond acceptors (Lipinski definition) is 3. The van der Waals surface area contributed by atoms with Crippen LogP contribution < -0.4 is 15.4 Å². The van der Waals surface area contributed by atoms with E-state index in [1.165, 1.54) is 26.2 Å². The van der Waals surface area contributed by atoms with Gasteiger partial charge >= 0.3 is 12.0 Å². The summed E-state index contributed by atoms with van der Waals surface area (Å²) in [6, 6.07) is 2.56. The molecule has 1 aliphatic heterocycles. The fourth-order valence-corrected chi connectivity index (χ4v) is 2.08. The minimum atomic E-state index is -1.16. The lowest BCUT2D eigenvalue weighted by Crippen LogP contribution is -2.45. The Morgan fingerprint density at radius 1 is 1.45 bits per heavy atom. The van der Waals surface area contributed by atoms with E-state index in [1.807, 2.05) is 0 Å². The number of carboxylic acid groups (broad SMARTS) is 1. The lowest BCUT2D eigenvalue weighted by Gasteiger charge is -2.27. The van der Waals surface area contributed by atoms with Gasteiger partial charge in [0.25, 0.3) is 0 Å². The van der Waals surface area contributed by atoms with Crippen LogP contribution in [-0.4, -0.2) is 24.2 Å². The molecule has 0 aromatic heterocycles. The Bertz CT molecular complexity index is 612. The molecule has 2 amide bonds. The number of halogens is 1. The second kappa shape index (κ2) is 5.20. The average molecular weight is 280 g/mol. The highest BCUT2D eigenvalue weighted by Gasteiger charge is 2.31. The Morgan fingerprint density at radius 2 is 2.15 bits per heavy atom. The van der Waals surface area contributed by atoms with E-state index in [4.69, 9.17) is 4.74 Å². The quantitative estimate of drug-likeness (QED) is 0.783. The monoisotopic (exact) mass is 280 g/mol. The molecule has 6 nitrogen and oxygen atoms in total. The van der Waals surface area contributed by atoms with Crippen LogP contribution in [0.15, 0.2) is 29.5 Å². The second-order valence-corrected chi connectivity index (χ2v) is 4.27. The zero-order valence-electron chi connectivity index (χ0n) is 10.9. The van der Waals surface area contributed by atoms with E-state index in [2.05, 4.69) is 10.6 Å². The number of carbonyl (C=O) groups excluding carboxylic acids is 1. The minimum absolute atomic E-state index is 0.00161. The summed E-state index contributed by atoms with van der Waals surface area (Å²) in [6.45, 7) is 1.50. The van der Waals surface area contributed by atoms with Crippen molar-refractivity contribution in [3.63, 3.8) is 0 Å². The van der Waals surface area contributed by atoms with E-state index < -0.39 is 23.9 Å². The summed E-state index contributed by atoms with van der Waals surface area (Å²) >= 11 is 0. The van der Waals surface area contributed by atoms with E-state index in [1.54, 1.807) is 0 Å². The largest absolute Gasteiger partial charge is 0.494 e. The van der Waals surface area contributed by atoms with Gasteiger partial charge in [0, 0.05) is 5.70 Å². The molecule has 106 valence electrons. The van der Waals surface area contributed by atoms with Crippen molar-refractivity contribution in [3.05, 3.63) is 40.8 Å². The van der Waals surface area contributed by atoms with Crippen molar-refractivity contribution in [1.82, 2.24) is 10.6 Å². The number of urea groups is 1. The number of carboxylic acids is 1. The van der Waals surface area contributed by atoms with Crippen molar-refractivity contribution >= 4 is 12.0 Å². The third-order valence-corrected chi connectivity index (χ3v) is 3.01. The highest BCUT2D eigenvalue weighted by atomic mass is 19.1. The van der Waals surface area contributed by atoms with Crippen LogP contribution in [0.1, 0.15) is 18.5 Å². The predicted molar refractivity (Wildman–Crippen MR) is 67.7 cm³/mol. The summed E-state index contributed by atoms with van der Waals surface area (Å²) in [5, 5.41) is 14.1. The van der Waals surface area contributed by atoms with Crippen LogP contribution in [0.2, 0.25) is 0 Å². The van der Waals surface area contributed by atoms with Gasteiger partial charge < -0.3 is 20.5 Å². The first-order valence-electron chi connectivity index (χ1n) is 5.79. The molecule has 3 N–H and O–H groups in total. The number of methoxy groups -OCH3 is 1. The number of allylic oxidation sites excluding steroid dienone is 1. The number of benzene rings is 1. The van der Waals surface area contributed by atoms with E-state index >= 15 is 0 Å². The van der Waals surface area contributed by atoms with Gasteiger partial charge in [0.05, 0.1) is 18.7 Å². The molecule has 0 saturated heterocycles. The summed E-state index contributed by atoms with van der Waals surface area (Å²) in [5.74, 6) is -1.74. The maximum absolute atomic E-state index is 13.4. The molecule has 0 radical (unpaired) electrons. The van der Waals surface area contributed by atoms with Crippen molar-refractivity contribution in [2.45, 2.75) is 13.0 Å². The Hall–Kier alpha value is -2.57. The van der Waals surface area contributed by atoms with Gasteiger partial charge in [0.15, 0.2) is 11.6 Å². The third-order valence-electron chi connectivity index (χ3n) is 3.01. The number of aliphatic carboxylic acids is 1. The van der Waals surface area contributed by atoms with E-state index in [-0.39, 0.29) is 17.0 Å². The number of nitrogens with one attached hydrogen (secondary N) is 2. The number of hydrogen-bond donors (Lipinski definition) is 3. The molecule has 20 heavy (non-hydrogen) atoms. The third kappa shape index (κ3) is 2.42. The Labute approximate surface area is 114 Å². The van der Waals surface area contributed by atoms with Gasteiger partial charge in [0.1, 0.15) is 0 Å². The number of ether oxygens (including phenoxy) is 1. The highest BCUT2D eigenvalue weighted by molar-refractivity contribution is 5.93. The molecule has 1 aliphatic rings. The van der Waals surface area contributed by atoms with Crippen LogP contribution in [0.3, 0.4) is 0 Å². The van der Waals surface area contributed by atoms with Gasteiger partial charge in [0.2, 0.25) is 0 Å². The average Bonchev–Trinajstić information content (AvgIpc) is 2.37. The molecule has 1 unspecified atom stereocenters. The topological polar surface area (TPSA) is 87.7 Å². The Kier molecular flexibility index (Phi) is 3.60. The molecule has 2 rings (SSSR count). The Balaban J connectivity index is 2.51. The highest BCUT2D eigenvalue weighted by Crippen LogP contribution is 2.30. The molecule has 1 heterocycles. The first kappa shape index (κ1) is 13.9. The molecule has 0 fully saturated rings. The molecular weight excluding hydrogens is 267 g/mol. The van der Waals surface area contributed by atoms with Gasteiger partial charge in [-0.2, -0.15) is 0 Å². The van der Waals surface area contributed by atoms with E-state index in [9.17, 15) is 19.1 Å². The molecule has 1 atom stereocenters. The fraction of sp³-hybridized carbons (Fsp3) is 0.231. The maximum atomic E-state index is 13.4. The van der Waals surface area contributed by atoms with Crippen molar-refractivity contribution in [2.24, 2.45) is 0 Å². The lowest BCUT2D eigenvalue weighted by atomic mass is 9.95. The standard InChI is InChI=1S/C13H13FN2O4/c1-6-10(12(17)18)11(16-13(19)15-6)7-3-4-8(14)9(5-7)20-2/h3-5,11H,1-2H3,(H,17,18)(H2,15,16,19). The number of carbonyl (C=O) groups is 2. The zero-order chi connectivity index (χ0) is 14.9. The van der Waals surface area contributed by atoms with Gasteiger partial charge in [-0.25, -0.2) is 14.0 Å². The second-order valence-electron chi connectivity index (χ2n) is 4.27. The van der Waals surface area contributed by atoms with Crippen LogP contribution in [0.5, 0.6) is 5.75 Å². The SMILES string of the molecule is COc1cc(C2NC(=O)NC(C)=C2C(=O)O)ccc1F. The fourth-order valence-electron chi connectivity index (χ4n) is 2.08. The number of amides is 2. The zero-order valence-corrected chi connectivity index (χ0v) is 10.9. The summed E-state index contributed by atoms with van der Waals surface area (Å²) < 4.78 is 18.3. The molecule has 0 bridgehead atoms. The van der Waals surface area contributed by atoms with Gasteiger partial charge in [-0.1, -0.05) is 6.07 Å². The molecule has 0 spiro atoms. The van der Waals surface area contributed by atoms with Crippen molar-refractivity contribution in [3.8, 4) is 5.75 Å².